The Labute approximate surface area is 295 Å². The minimum atomic E-state index is -0.968. The number of fused-ring (bicyclic) bond motifs is 3. The molecule has 0 heterocycles. The van der Waals surface area contributed by atoms with Gasteiger partial charge in [-0.25, -0.2) is 9.59 Å². The summed E-state index contributed by atoms with van der Waals surface area (Å²) in [7, 11) is 0. The van der Waals surface area contributed by atoms with E-state index in [-0.39, 0.29) is 50.4 Å². The Morgan fingerprint density at radius 1 is 0.840 bits per heavy atom. The van der Waals surface area contributed by atoms with Crippen LogP contribution < -0.4 is 16.0 Å². The van der Waals surface area contributed by atoms with Gasteiger partial charge in [-0.3, -0.25) is 9.59 Å². The average molecular weight is 686 g/mol. The molecule has 2 fully saturated rings. The molecule has 2 aromatic rings. The van der Waals surface area contributed by atoms with Crippen molar-refractivity contribution in [3.63, 3.8) is 0 Å². The maximum Gasteiger partial charge on any atom is 0.407 e. The van der Waals surface area contributed by atoms with E-state index in [0.29, 0.717) is 38.5 Å². The molecular weight excluding hydrogens is 634 g/mol. The molecule has 0 spiro atoms. The second-order valence-corrected chi connectivity index (χ2v) is 14.1. The molecule has 4 N–H and O–H groups in total. The summed E-state index contributed by atoms with van der Waals surface area (Å²) >= 11 is 0. The number of carbonyl (C=O) groups excluding carboxylic acids is 4. The molecule has 10 nitrogen and oxygen atoms in total. The maximum absolute atomic E-state index is 13.6. The number of aliphatic hydroxyl groups excluding tert-OH is 1. The molecule has 0 radical (unpaired) electrons. The minimum absolute atomic E-state index is 0.0385. The van der Waals surface area contributed by atoms with E-state index >= 15 is 0 Å². The molecule has 10 heteroatoms. The van der Waals surface area contributed by atoms with Crippen molar-refractivity contribution in [2.75, 3.05) is 19.8 Å². The summed E-state index contributed by atoms with van der Waals surface area (Å²) in [6, 6.07) is 15.2. The van der Waals surface area contributed by atoms with Gasteiger partial charge in [-0.05, 0) is 67.2 Å². The Bertz CT molecular complexity index is 1500. The average Bonchev–Trinajstić information content (AvgIpc) is 3.86. The SMILES string of the molecule is C=CCC[C@H](NC(=O)OCC1c2ccccc2-c2ccccc21)C(=O)OCC1(NC(=O)[C@H](CC=C)CC(=O)NC2(CO)CCCC2)CCCC1. The highest BCUT2D eigenvalue weighted by Crippen LogP contribution is 2.44. The van der Waals surface area contributed by atoms with Crippen LogP contribution in [0.2, 0.25) is 0 Å². The summed E-state index contributed by atoms with van der Waals surface area (Å²) in [4.78, 5) is 53.1. The van der Waals surface area contributed by atoms with Crippen LogP contribution in [0.4, 0.5) is 4.79 Å². The van der Waals surface area contributed by atoms with Gasteiger partial charge in [-0.1, -0.05) is 86.4 Å². The lowest BCUT2D eigenvalue weighted by molar-refractivity contribution is -0.149. The zero-order chi connectivity index (χ0) is 35.6. The number of aliphatic hydroxyl groups is 1. The Balaban J connectivity index is 1.17. The van der Waals surface area contributed by atoms with Crippen LogP contribution in [0.3, 0.4) is 0 Å². The highest BCUT2D eigenvalue weighted by Gasteiger charge is 2.40. The van der Waals surface area contributed by atoms with Crippen molar-refractivity contribution in [2.45, 2.75) is 100 Å². The summed E-state index contributed by atoms with van der Waals surface area (Å²) in [5.41, 5.74) is 3.02. The largest absolute Gasteiger partial charge is 0.462 e. The van der Waals surface area contributed by atoms with Gasteiger partial charge >= 0.3 is 12.1 Å². The van der Waals surface area contributed by atoms with Gasteiger partial charge < -0.3 is 30.5 Å². The zero-order valence-electron chi connectivity index (χ0n) is 28.9. The van der Waals surface area contributed by atoms with E-state index in [0.717, 1.165) is 47.9 Å². The lowest BCUT2D eigenvalue weighted by Gasteiger charge is -2.33. The van der Waals surface area contributed by atoms with Gasteiger partial charge in [0, 0.05) is 12.3 Å². The topological polar surface area (TPSA) is 143 Å². The number of ether oxygens (including phenoxy) is 2. The first-order valence-electron chi connectivity index (χ1n) is 18.0. The molecule has 3 aliphatic rings. The minimum Gasteiger partial charge on any atom is -0.462 e. The summed E-state index contributed by atoms with van der Waals surface area (Å²) in [5.74, 6) is -1.98. The first kappa shape index (κ1) is 36.8. The number of hydrogen-bond donors (Lipinski definition) is 4. The Kier molecular flexibility index (Phi) is 12.5. The third-order valence-electron chi connectivity index (χ3n) is 10.5. The van der Waals surface area contributed by atoms with Crippen molar-refractivity contribution in [3.8, 4) is 11.1 Å². The van der Waals surface area contributed by atoms with Gasteiger partial charge in [0.1, 0.15) is 19.3 Å². The Hall–Kier alpha value is -4.44. The predicted octanol–water partition coefficient (Wildman–Crippen LogP) is 5.84. The molecule has 0 aliphatic heterocycles. The fourth-order valence-corrected chi connectivity index (χ4v) is 7.78. The van der Waals surface area contributed by atoms with E-state index in [1.165, 1.54) is 0 Å². The lowest BCUT2D eigenvalue weighted by atomic mass is 9.93. The molecule has 50 heavy (non-hydrogen) atoms. The van der Waals surface area contributed by atoms with Crippen LogP contribution in [0.15, 0.2) is 73.8 Å². The number of amides is 3. The molecule has 2 aromatic carbocycles. The monoisotopic (exact) mass is 685 g/mol. The van der Waals surface area contributed by atoms with Crippen molar-refractivity contribution < 1.29 is 33.8 Å². The van der Waals surface area contributed by atoms with Gasteiger partial charge in [-0.15, -0.1) is 13.2 Å². The summed E-state index contributed by atoms with van der Waals surface area (Å²) in [6.07, 6.45) is 9.81. The van der Waals surface area contributed by atoms with Crippen LogP contribution in [-0.2, 0) is 23.9 Å². The number of allylic oxidation sites excluding steroid dienone is 2. The van der Waals surface area contributed by atoms with Crippen LogP contribution in [0.1, 0.15) is 94.1 Å². The van der Waals surface area contributed by atoms with Crippen molar-refractivity contribution >= 4 is 23.9 Å². The number of alkyl carbamates (subject to hydrolysis) is 1. The quantitative estimate of drug-likeness (QED) is 0.121. The number of benzene rings is 2. The molecule has 268 valence electrons. The van der Waals surface area contributed by atoms with Crippen LogP contribution in [-0.4, -0.2) is 65.9 Å². The molecular formula is C40H51N3O7. The van der Waals surface area contributed by atoms with E-state index in [4.69, 9.17) is 9.47 Å². The van der Waals surface area contributed by atoms with E-state index in [1.54, 1.807) is 12.2 Å². The van der Waals surface area contributed by atoms with Crippen LogP contribution in [0.5, 0.6) is 0 Å². The van der Waals surface area contributed by atoms with E-state index in [2.05, 4.69) is 41.2 Å². The number of esters is 1. The highest BCUT2D eigenvalue weighted by atomic mass is 16.6. The normalized spacial score (nSPS) is 18.2. The van der Waals surface area contributed by atoms with Crippen LogP contribution in [0.25, 0.3) is 11.1 Å². The molecule has 3 amide bonds. The zero-order valence-corrected chi connectivity index (χ0v) is 28.9. The van der Waals surface area contributed by atoms with E-state index in [9.17, 15) is 24.3 Å². The molecule has 0 aromatic heterocycles. The fourth-order valence-electron chi connectivity index (χ4n) is 7.78. The van der Waals surface area contributed by atoms with Crippen LogP contribution in [0, 0.1) is 5.92 Å². The molecule has 0 saturated heterocycles. The predicted molar refractivity (Wildman–Crippen MR) is 191 cm³/mol. The van der Waals surface area contributed by atoms with E-state index in [1.807, 2.05) is 36.4 Å². The van der Waals surface area contributed by atoms with Crippen LogP contribution >= 0.6 is 0 Å². The third kappa shape index (κ3) is 8.82. The van der Waals surface area contributed by atoms with Gasteiger partial charge in [0.15, 0.2) is 0 Å². The van der Waals surface area contributed by atoms with Gasteiger partial charge in [0.25, 0.3) is 0 Å². The number of rotatable bonds is 17. The molecule has 0 bridgehead atoms. The van der Waals surface area contributed by atoms with Crippen molar-refractivity contribution in [2.24, 2.45) is 5.92 Å². The van der Waals surface area contributed by atoms with Crippen molar-refractivity contribution in [1.29, 1.82) is 0 Å². The third-order valence-corrected chi connectivity index (χ3v) is 10.5. The number of hydrogen-bond acceptors (Lipinski definition) is 7. The highest BCUT2D eigenvalue weighted by molar-refractivity contribution is 5.87. The molecule has 2 saturated carbocycles. The Morgan fingerprint density at radius 3 is 2.02 bits per heavy atom. The summed E-state index contributed by atoms with van der Waals surface area (Å²) < 4.78 is 11.5. The first-order valence-corrected chi connectivity index (χ1v) is 18.0. The second-order valence-electron chi connectivity index (χ2n) is 14.1. The maximum atomic E-state index is 13.6. The summed E-state index contributed by atoms with van der Waals surface area (Å²) in [5, 5.41) is 18.7. The van der Waals surface area contributed by atoms with E-state index < -0.39 is 35.1 Å². The number of carbonyl (C=O) groups is 4. The van der Waals surface area contributed by atoms with Gasteiger partial charge in [0.05, 0.1) is 23.6 Å². The van der Waals surface area contributed by atoms with Crippen molar-refractivity contribution in [1.82, 2.24) is 16.0 Å². The lowest BCUT2D eigenvalue weighted by Crippen LogP contribution is -2.54. The fraction of sp³-hybridized carbons (Fsp3) is 0.500. The first-order chi connectivity index (χ1) is 24.2. The standard InChI is InChI=1S/C40H51N3O7/c1-3-5-19-34(41-38(48)49-25-33-31-17-8-6-15-29(31)30-16-7-9-18-32(30)33)37(47)50-27-40(22-12-13-23-40)43-36(46)28(14-4-2)24-35(45)42-39(26-44)20-10-11-21-39/h3-4,6-9,15-18,28,33-34,44H,1-2,5,10-14,19-27H2,(H,41,48)(H,42,45)(H,43,46)/t28-,34+/m1/s1. The van der Waals surface area contributed by atoms with Gasteiger partial charge in [0.2, 0.25) is 11.8 Å². The van der Waals surface area contributed by atoms with Crippen molar-refractivity contribution in [3.05, 3.63) is 85.0 Å². The molecule has 0 unspecified atom stereocenters. The smallest absolute Gasteiger partial charge is 0.407 e. The Morgan fingerprint density at radius 2 is 1.44 bits per heavy atom. The molecule has 5 rings (SSSR count). The number of nitrogens with one attached hydrogen (secondary N) is 3. The second kappa shape index (κ2) is 17.0. The summed E-state index contributed by atoms with van der Waals surface area (Å²) in [6.45, 7) is 7.46. The molecule has 2 atom stereocenters. The molecule has 3 aliphatic carbocycles. The van der Waals surface area contributed by atoms with Gasteiger partial charge in [-0.2, -0.15) is 0 Å².